The third-order valence-corrected chi connectivity index (χ3v) is 10.4. The molecule has 0 nitrogen and oxygen atoms in total. The van der Waals surface area contributed by atoms with Crippen molar-refractivity contribution in [3.8, 4) is 44.5 Å². The van der Waals surface area contributed by atoms with Crippen molar-refractivity contribution in [2.24, 2.45) is 0 Å². The van der Waals surface area contributed by atoms with E-state index in [9.17, 15) is 0 Å². The van der Waals surface area contributed by atoms with Gasteiger partial charge in [-0.3, -0.25) is 0 Å². The normalized spacial score (nSPS) is 9.85. The van der Waals surface area contributed by atoms with Crippen LogP contribution in [0.4, 0.5) is 0 Å². The molecule has 0 spiro atoms. The smallest absolute Gasteiger partial charge is 0.00132 e. The third kappa shape index (κ3) is 13.8. The van der Waals surface area contributed by atoms with E-state index >= 15 is 0 Å². The van der Waals surface area contributed by atoms with E-state index in [0.717, 1.165) is 12.8 Å². The fraction of sp³-hybridized carbons (Fsp3) is 0.242. The third-order valence-electron chi connectivity index (χ3n) is 10.4. The largest absolute Gasteiger partial charge is 0.0683 e. The van der Waals surface area contributed by atoms with Crippen molar-refractivity contribution >= 4 is 21.5 Å². The first-order chi connectivity index (χ1) is 32.8. The second-order valence-corrected chi connectivity index (χ2v) is 13.6. The van der Waals surface area contributed by atoms with E-state index < -0.39 is 0 Å². The van der Waals surface area contributed by atoms with Crippen LogP contribution >= 0.6 is 0 Å². The lowest BCUT2D eigenvalue weighted by Crippen LogP contribution is -1.91. The number of hydrogen-bond donors (Lipinski definition) is 0. The van der Waals surface area contributed by atoms with E-state index in [1.807, 2.05) is 133 Å². The van der Waals surface area contributed by atoms with Crippen molar-refractivity contribution in [3.05, 3.63) is 229 Å². The van der Waals surface area contributed by atoms with Crippen LogP contribution in [0.15, 0.2) is 206 Å². The fourth-order valence-electron chi connectivity index (χ4n) is 8.12. The van der Waals surface area contributed by atoms with Crippen LogP contribution in [0.2, 0.25) is 0 Å². The Balaban J connectivity index is 0.000000374. The number of hydrogen-bond acceptors (Lipinski definition) is 0. The summed E-state index contributed by atoms with van der Waals surface area (Å²) in [7, 11) is 0. The number of benzene rings is 9. The highest BCUT2D eigenvalue weighted by Gasteiger charge is 2.21. The molecule has 0 aromatic heterocycles. The molecule has 344 valence electrons. The molecule has 2 aliphatic carbocycles. The Bertz CT molecular complexity index is 2540. The molecule has 11 rings (SSSR count). The summed E-state index contributed by atoms with van der Waals surface area (Å²) >= 11 is 0. The molecule has 2 aliphatic rings. The quantitative estimate of drug-likeness (QED) is 0.152. The van der Waals surface area contributed by atoms with Gasteiger partial charge in [-0.1, -0.05) is 303 Å². The van der Waals surface area contributed by atoms with Crippen LogP contribution in [0.5, 0.6) is 0 Å². The van der Waals surface area contributed by atoms with Crippen LogP contribution in [-0.2, 0) is 12.8 Å². The molecule has 0 radical (unpaired) electrons. The first-order valence-corrected chi connectivity index (χ1v) is 25.2. The van der Waals surface area contributed by atoms with Gasteiger partial charge in [-0.15, -0.1) is 0 Å². The molecule has 0 amide bonds. The molecule has 9 aromatic carbocycles. The second-order valence-electron chi connectivity index (χ2n) is 13.6. The highest BCUT2D eigenvalue weighted by Crippen LogP contribution is 2.45. The van der Waals surface area contributed by atoms with E-state index in [1.165, 1.54) is 88.3 Å². The molecule has 0 fully saturated rings. The SMILES string of the molecule is CC.CC.CC.CC.CC.CC.CC.c1ccc(-c2c3ccccc3c(-c3ccc4c(c3)Cc3ccccc3-4)c3ccccc23)cc1.c1ccc2c(c1)Cc1ccccc1-2.c1ccccc1. The summed E-state index contributed by atoms with van der Waals surface area (Å²) in [4.78, 5) is 0. The molecule has 9 aromatic rings. The summed E-state index contributed by atoms with van der Waals surface area (Å²) in [6.45, 7) is 28.0. The van der Waals surface area contributed by atoms with Crippen molar-refractivity contribution in [3.63, 3.8) is 0 Å². The van der Waals surface area contributed by atoms with Crippen LogP contribution in [0.1, 0.15) is 119 Å². The molecule has 0 heterocycles. The van der Waals surface area contributed by atoms with Crippen LogP contribution in [0, 0.1) is 0 Å². The van der Waals surface area contributed by atoms with Gasteiger partial charge in [0.05, 0.1) is 0 Å². The van der Waals surface area contributed by atoms with E-state index in [1.54, 1.807) is 0 Å². The maximum Gasteiger partial charge on any atom is -0.00132 e. The first kappa shape index (κ1) is 55.6. The van der Waals surface area contributed by atoms with Gasteiger partial charge in [0.1, 0.15) is 0 Å². The molecular formula is C66H80. The monoisotopic (exact) mass is 873 g/mol. The van der Waals surface area contributed by atoms with Gasteiger partial charge in [-0.05, 0) is 101 Å². The van der Waals surface area contributed by atoms with Gasteiger partial charge in [-0.2, -0.15) is 0 Å². The Morgan fingerprint density at radius 1 is 0.212 bits per heavy atom. The summed E-state index contributed by atoms with van der Waals surface area (Å²) in [6.07, 6.45) is 2.11. The zero-order valence-electron chi connectivity index (χ0n) is 43.0. The van der Waals surface area contributed by atoms with Gasteiger partial charge in [0, 0.05) is 0 Å². The standard InChI is InChI=1S/C33H22.C13H10.C6H6.7C2H6/c1-2-10-22(11-3-1)32-28-14-6-8-16-30(28)33(31-17-9-7-15-29(31)32)24-18-19-27-25(21-24)20-23-12-4-5-13-26(23)27;1-3-7-12-10(5-1)9-11-6-2-4-8-13(11)12;1-2-4-6-5-3-1;7*1-2/h1-19,21H,20H2;1-8H,9H2;1-6H;7*1-2H3. The Hall–Kier alpha value is -6.50. The molecule has 66 heavy (non-hydrogen) atoms. The molecule has 0 atom stereocenters. The number of fused-ring (bicyclic) bond motifs is 8. The van der Waals surface area contributed by atoms with E-state index in [4.69, 9.17) is 0 Å². The summed E-state index contributed by atoms with van der Waals surface area (Å²) in [5, 5.41) is 5.23. The molecule has 0 bridgehead atoms. The van der Waals surface area contributed by atoms with Crippen LogP contribution in [-0.4, -0.2) is 0 Å². The average molecular weight is 873 g/mol. The predicted molar refractivity (Wildman–Crippen MR) is 301 cm³/mol. The summed E-state index contributed by atoms with van der Waals surface area (Å²) < 4.78 is 0. The van der Waals surface area contributed by atoms with E-state index in [2.05, 4.69) is 170 Å². The lowest BCUT2D eigenvalue weighted by Gasteiger charge is -2.18. The van der Waals surface area contributed by atoms with Gasteiger partial charge in [0.25, 0.3) is 0 Å². The molecule has 0 saturated heterocycles. The van der Waals surface area contributed by atoms with Crippen LogP contribution in [0.3, 0.4) is 0 Å². The van der Waals surface area contributed by atoms with Gasteiger partial charge in [0.15, 0.2) is 0 Å². The second kappa shape index (κ2) is 32.2. The van der Waals surface area contributed by atoms with E-state index in [0.29, 0.717) is 0 Å². The minimum Gasteiger partial charge on any atom is -0.0683 e. The van der Waals surface area contributed by atoms with Gasteiger partial charge in [0.2, 0.25) is 0 Å². The topological polar surface area (TPSA) is 0 Å². The van der Waals surface area contributed by atoms with Crippen molar-refractivity contribution < 1.29 is 0 Å². The minimum absolute atomic E-state index is 1.01. The number of rotatable bonds is 2. The predicted octanol–water partition coefficient (Wildman–Crippen LogP) is 21.0. The molecule has 0 heteroatoms. The maximum atomic E-state index is 2.42. The van der Waals surface area contributed by atoms with Crippen molar-refractivity contribution in [1.29, 1.82) is 0 Å². The van der Waals surface area contributed by atoms with Crippen molar-refractivity contribution in [2.45, 2.75) is 110 Å². The van der Waals surface area contributed by atoms with Gasteiger partial charge in [-0.25, -0.2) is 0 Å². The Kier molecular flexibility index (Phi) is 27.1. The van der Waals surface area contributed by atoms with Gasteiger partial charge < -0.3 is 0 Å². The molecule has 0 N–H and O–H groups in total. The highest BCUT2D eigenvalue weighted by molar-refractivity contribution is 6.21. The fourth-order valence-corrected chi connectivity index (χ4v) is 8.12. The molecule has 0 unspecified atom stereocenters. The average Bonchev–Trinajstić information content (AvgIpc) is 4.01. The maximum absolute atomic E-state index is 2.42. The van der Waals surface area contributed by atoms with Gasteiger partial charge >= 0.3 is 0 Å². The lowest BCUT2D eigenvalue weighted by atomic mass is 9.85. The molecule has 0 saturated carbocycles. The lowest BCUT2D eigenvalue weighted by molar-refractivity contribution is 1.26. The summed E-state index contributed by atoms with van der Waals surface area (Å²) in [5.74, 6) is 0. The zero-order chi connectivity index (χ0) is 48.7. The van der Waals surface area contributed by atoms with Crippen molar-refractivity contribution in [1.82, 2.24) is 0 Å². The summed E-state index contributed by atoms with van der Waals surface area (Å²) in [6, 6.07) is 73.7. The van der Waals surface area contributed by atoms with Crippen molar-refractivity contribution in [2.75, 3.05) is 0 Å². The first-order valence-electron chi connectivity index (χ1n) is 25.2. The molecular weight excluding hydrogens is 793 g/mol. The zero-order valence-corrected chi connectivity index (χ0v) is 43.0. The van der Waals surface area contributed by atoms with Crippen LogP contribution < -0.4 is 0 Å². The van der Waals surface area contributed by atoms with E-state index in [-0.39, 0.29) is 0 Å². The Morgan fingerprint density at radius 2 is 0.470 bits per heavy atom. The highest BCUT2D eigenvalue weighted by atomic mass is 14.2. The minimum atomic E-state index is 1.01. The Morgan fingerprint density at radius 3 is 0.833 bits per heavy atom. The summed E-state index contributed by atoms with van der Waals surface area (Å²) in [5.41, 5.74) is 16.6. The Labute approximate surface area is 402 Å². The van der Waals surface area contributed by atoms with Crippen LogP contribution in [0.25, 0.3) is 66.1 Å². The molecule has 0 aliphatic heterocycles.